The van der Waals surface area contributed by atoms with Gasteiger partial charge in [-0.05, 0) is 13.0 Å². The van der Waals surface area contributed by atoms with Crippen LogP contribution in [0.4, 0.5) is 0 Å². The first-order chi connectivity index (χ1) is 2.81. The van der Waals surface area contributed by atoms with Crippen LogP contribution in [0.3, 0.4) is 0 Å². The number of methoxy groups -OCH3 is 1. The van der Waals surface area contributed by atoms with Gasteiger partial charge in [-0.3, -0.25) is 0 Å². The zero-order valence-corrected chi connectivity index (χ0v) is 9.53. The molecule has 0 fully saturated rings. The third kappa shape index (κ3) is 9.67. The minimum Gasteiger partial charge on any atom is -1.00 e. The van der Waals surface area contributed by atoms with E-state index < -0.39 is 0 Å². The third-order valence-corrected chi connectivity index (χ3v) is 0.437. The molecule has 0 unspecified atom stereocenters. The summed E-state index contributed by atoms with van der Waals surface area (Å²) in [4.78, 5) is 0. The van der Waals surface area contributed by atoms with E-state index in [1.54, 1.807) is 6.92 Å². The number of halogens is 1. The topological polar surface area (TPSA) is 29.1 Å². The molecular formula is C4H7BrO2Zn-. The van der Waals surface area contributed by atoms with Crippen LogP contribution in [-0.4, -0.2) is 7.11 Å². The summed E-state index contributed by atoms with van der Waals surface area (Å²) in [5.41, 5.74) is 0. The minimum absolute atomic E-state index is 0. The van der Waals surface area contributed by atoms with Crippen LogP contribution in [0.5, 0.6) is 0 Å². The first-order valence-electron chi connectivity index (χ1n) is 1.68. The molecule has 0 rings (SSSR count). The molecule has 1 radical (unpaired) electrons. The quantitative estimate of drug-likeness (QED) is 0.377. The molecule has 0 atom stereocenters. The molecule has 0 aliphatic carbocycles. The Morgan fingerprint density at radius 3 is 2.00 bits per heavy atom. The van der Waals surface area contributed by atoms with Crippen molar-refractivity contribution < 1.29 is 46.3 Å². The van der Waals surface area contributed by atoms with Gasteiger partial charge in [-0.25, -0.2) is 5.11 Å². The molecule has 8 heavy (non-hydrogen) atoms. The summed E-state index contributed by atoms with van der Waals surface area (Å²) < 4.78 is 4.20. The SMILES string of the molecule is CC=C([O])OC.[Br-].[Zn]. The van der Waals surface area contributed by atoms with Crippen molar-refractivity contribution in [3.8, 4) is 0 Å². The standard InChI is InChI=1S/C4H7O2.BrH.Zn/c1-3-4(5)6-2;;/h3H,1-2H3;1H;/p-1. The average molecular weight is 232 g/mol. The minimum atomic E-state index is -0.282. The maximum Gasteiger partial charge on any atom is 0.326 e. The summed E-state index contributed by atoms with van der Waals surface area (Å²) in [7, 11) is 1.35. The summed E-state index contributed by atoms with van der Waals surface area (Å²) in [5, 5.41) is 9.90. The molecule has 0 aliphatic rings. The molecule has 0 saturated heterocycles. The predicted molar refractivity (Wildman–Crippen MR) is 21.5 cm³/mol. The Balaban J connectivity index is -0.000000125. The Hall–Kier alpha value is 0.443. The van der Waals surface area contributed by atoms with Gasteiger partial charge in [0.15, 0.2) is 0 Å². The van der Waals surface area contributed by atoms with Crippen LogP contribution in [0.2, 0.25) is 0 Å². The monoisotopic (exact) mass is 230 g/mol. The van der Waals surface area contributed by atoms with Crippen LogP contribution < -0.4 is 17.0 Å². The Kier molecular flexibility index (Phi) is 20.6. The second-order valence-corrected chi connectivity index (χ2v) is 0.812. The molecule has 0 heterocycles. The van der Waals surface area contributed by atoms with Crippen molar-refractivity contribution in [3.63, 3.8) is 0 Å². The molecule has 0 saturated carbocycles. The van der Waals surface area contributed by atoms with Gasteiger partial charge in [-0.1, -0.05) is 0 Å². The fourth-order valence-electron chi connectivity index (χ4n) is 0.118. The molecule has 0 aromatic carbocycles. The zero-order valence-electron chi connectivity index (χ0n) is 4.98. The number of rotatable bonds is 1. The summed E-state index contributed by atoms with van der Waals surface area (Å²) in [6, 6.07) is 0. The number of allylic oxidation sites excluding steroid dienone is 1. The van der Waals surface area contributed by atoms with Crippen LogP contribution in [0.15, 0.2) is 12.0 Å². The van der Waals surface area contributed by atoms with E-state index in [-0.39, 0.29) is 42.4 Å². The Bertz CT molecular complexity index is 65.1. The second-order valence-electron chi connectivity index (χ2n) is 0.812. The van der Waals surface area contributed by atoms with E-state index in [1.807, 2.05) is 0 Å². The maximum absolute atomic E-state index is 9.90. The molecule has 0 N–H and O–H groups in total. The van der Waals surface area contributed by atoms with Gasteiger partial charge < -0.3 is 21.7 Å². The molecule has 2 nitrogen and oxygen atoms in total. The summed E-state index contributed by atoms with van der Waals surface area (Å²) in [6.45, 7) is 1.63. The van der Waals surface area contributed by atoms with Gasteiger partial charge >= 0.3 is 5.95 Å². The van der Waals surface area contributed by atoms with Crippen LogP contribution in [0, 0.1) is 0 Å². The van der Waals surface area contributed by atoms with E-state index >= 15 is 0 Å². The molecule has 45 valence electrons. The normalized spacial score (nSPS) is 8.50. The smallest absolute Gasteiger partial charge is 0.326 e. The van der Waals surface area contributed by atoms with Gasteiger partial charge in [0.05, 0.1) is 7.11 Å². The van der Waals surface area contributed by atoms with Gasteiger partial charge in [0.25, 0.3) is 0 Å². The first-order valence-corrected chi connectivity index (χ1v) is 1.68. The maximum atomic E-state index is 9.90. The predicted octanol–water partition coefficient (Wildman–Crippen LogP) is -2.07. The van der Waals surface area contributed by atoms with Crippen molar-refractivity contribution >= 4 is 0 Å². The Labute approximate surface area is 72.4 Å². The molecular weight excluding hydrogens is 225 g/mol. The van der Waals surface area contributed by atoms with E-state index in [0.717, 1.165) is 0 Å². The van der Waals surface area contributed by atoms with Gasteiger partial charge in [0, 0.05) is 19.5 Å². The molecule has 0 spiro atoms. The van der Waals surface area contributed by atoms with Gasteiger partial charge in [-0.15, -0.1) is 0 Å². The molecule has 0 aromatic rings. The zero-order chi connectivity index (χ0) is 4.99. The largest absolute Gasteiger partial charge is 1.00 e. The second kappa shape index (κ2) is 10.4. The number of hydrogen-bond acceptors (Lipinski definition) is 1. The van der Waals surface area contributed by atoms with E-state index in [2.05, 4.69) is 4.74 Å². The first kappa shape index (κ1) is 15.8. The van der Waals surface area contributed by atoms with Crippen molar-refractivity contribution in [1.29, 1.82) is 0 Å². The van der Waals surface area contributed by atoms with Crippen LogP contribution in [-0.2, 0) is 29.3 Å². The van der Waals surface area contributed by atoms with Gasteiger partial charge in [0.1, 0.15) is 0 Å². The van der Waals surface area contributed by atoms with Crippen LogP contribution in [0.25, 0.3) is 0 Å². The molecule has 0 bridgehead atoms. The van der Waals surface area contributed by atoms with Gasteiger partial charge in [-0.2, -0.15) is 0 Å². The van der Waals surface area contributed by atoms with E-state index in [9.17, 15) is 5.11 Å². The van der Waals surface area contributed by atoms with E-state index in [1.165, 1.54) is 13.2 Å². The van der Waals surface area contributed by atoms with Crippen LogP contribution >= 0.6 is 0 Å². The fourth-order valence-corrected chi connectivity index (χ4v) is 0.118. The Morgan fingerprint density at radius 2 is 2.00 bits per heavy atom. The van der Waals surface area contributed by atoms with E-state index in [0.29, 0.717) is 0 Å². The van der Waals surface area contributed by atoms with Crippen molar-refractivity contribution in [2.24, 2.45) is 0 Å². The van der Waals surface area contributed by atoms with Crippen molar-refractivity contribution in [2.45, 2.75) is 6.92 Å². The van der Waals surface area contributed by atoms with Crippen LogP contribution in [0.1, 0.15) is 6.92 Å². The summed E-state index contributed by atoms with van der Waals surface area (Å²) in [5.74, 6) is -0.282. The Morgan fingerprint density at radius 1 is 1.62 bits per heavy atom. The van der Waals surface area contributed by atoms with Gasteiger partial charge in [0.2, 0.25) is 0 Å². The molecule has 4 heteroatoms. The van der Waals surface area contributed by atoms with E-state index in [4.69, 9.17) is 0 Å². The summed E-state index contributed by atoms with van der Waals surface area (Å²) in [6.07, 6.45) is 1.36. The van der Waals surface area contributed by atoms with Crippen molar-refractivity contribution in [3.05, 3.63) is 12.0 Å². The molecule has 0 aliphatic heterocycles. The third-order valence-electron chi connectivity index (χ3n) is 0.437. The number of hydrogen-bond donors (Lipinski definition) is 0. The van der Waals surface area contributed by atoms with Crippen molar-refractivity contribution in [1.82, 2.24) is 0 Å². The summed E-state index contributed by atoms with van der Waals surface area (Å²) >= 11 is 0. The average Bonchev–Trinajstić information content (AvgIpc) is 1.65. The van der Waals surface area contributed by atoms with Crippen molar-refractivity contribution in [2.75, 3.05) is 7.11 Å². The molecule has 0 amide bonds. The number of ether oxygens (including phenoxy) is 1. The molecule has 0 aromatic heterocycles. The fraction of sp³-hybridized carbons (Fsp3) is 0.500.